The van der Waals surface area contributed by atoms with Gasteiger partial charge in [0.2, 0.25) is 0 Å². The maximum atomic E-state index is 6.25. The zero-order chi connectivity index (χ0) is 13.1. The van der Waals surface area contributed by atoms with Crippen LogP contribution in [0.4, 0.5) is 5.69 Å². The van der Waals surface area contributed by atoms with E-state index < -0.39 is 0 Å². The predicted molar refractivity (Wildman–Crippen MR) is 73.8 cm³/mol. The SMILES string of the molecule is Cc1c(C(C)(C)C)c(N)cc2c(C3CC3)noc12. The van der Waals surface area contributed by atoms with E-state index in [-0.39, 0.29) is 5.41 Å². The molecule has 1 aliphatic carbocycles. The van der Waals surface area contributed by atoms with Crippen LogP contribution in [0.2, 0.25) is 0 Å². The van der Waals surface area contributed by atoms with E-state index in [1.807, 2.05) is 6.07 Å². The molecule has 2 N–H and O–H groups in total. The first-order valence-electron chi connectivity index (χ1n) is 6.58. The molecular formula is C15H20N2O. The first kappa shape index (κ1) is 11.6. The fourth-order valence-electron chi connectivity index (χ4n) is 2.92. The summed E-state index contributed by atoms with van der Waals surface area (Å²) in [5, 5.41) is 5.36. The summed E-state index contributed by atoms with van der Waals surface area (Å²) >= 11 is 0. The van der Waals surface area contributed by atoms with Crippen molar-refractivity contribution >= 4 is 16.7 Å². The molecule has 3 rings (SSSR count). The van der Waals surface area contributed by atoms with Crippen molar-refractivity contribution in [3.63, 3.8) is 0 Å². The maximum absolute atomic E-state index is 6.25. The van der Waals surface area contributed by atoms with E-state index in [4.69, 9.17) is 10.3 Å². The van der Waals surface area contributed by atoms with Crippen molar-refractivity contribution in [3.05, 3.63) is 22.9 Å². The first-order chi connectivity index (χ1) is 8.39. The molecule has 1 saturated carbocycles. The number of aryl methyl sites for hydroxylation is 1. The molecule has 0 saturated heterocycles. The van der Waals surface area contributed by atoms with Crippen molar-refractivity contribution in [1.82, 2.24) is 5.16 Å². The zero-order valence-electron chi connectivity index (χ0n) is 11.5. The third-order valence-corrected chi connectivity index (χ3v) is 3.77. The lowest BCUT2D eigenvalue weighted by Crippen LogP contribution is -2.16. The number of benzene rings is 1. The van der Waals surface area contributed by atoms with E-state index in [1.165, 1.54) is 18.4 Å². The highest BCUT2D eigenvalue weighted by Gasteiger charge is 2.31. The van der Waals surface area contributed by atoms with E-state index in [9.17, 15) is 0 Å². The Labute approximate surface area is 107 Å². The Hall–Kier alpha value is -1.51. The minimum Gasteiger partial charge on any atom is -0.398 e. The highest BCUT2D eigenvalue weighted by atomic mass is 16.5. The molecule has 1 heterocycles. The minimum atomic E-state index is 0.0227. The van der Waals surface area contributed by atoms with Gasteiger partial charge in [-0.25, -0.2) is 0 Å². The number of aromatic nitrogens is 1. The average molecular weight is 244 g/mol. The highest BCUT2D eigenvalue weighted by Crippen LogP contribution is 2.45. The van der Waals surface area contributed by atoms with Crippen molar-refractivity contribution in [2.45, 2.75) is 51.9 Å². The van der Waals surface area contributed by atoms with E-state index in [0.717, 1.165) is 27.9 Å². The van der Waals surface area contributed by atoms with Crippen LogP contribution >= 0.6 is 0 Å². The molecule has 3 nitrogen and oxygen atoms in total. The van der Waals surface area contributed by atoms with Gasteiger partial charge in [0.05, 0.1) is 5.69 Å². The van der Waals surface area contributed by atoms with Crippen molar-refractivity contribution in [2.75, 3.05) is 5.73 Å². The maximum Gasteiger partial charge on any atom is 0.170 e. The van der Waals surface area contributed by atoms with Gasteiger partial charge < -0.3 is 10.3 Å². The molecule has 2 aromatic rings. The molecule has 1 aromatic carbocycles. The number of fused-ring (bicyclic) bond motifs is 1. The topological polar surface area (TPSA) is 52.0 Å². The number of hydrogen-bond acceptors (Lipinski definition) is 3. The molecule has 0 aliphatic heterocycles. The summed E-state index contributed by atoms with van der Waals surface area (Å²) in [7, 11) is 0. The summed E-state index contributed by atoms with van der Waals surface area (Å²) in [6.07, 6.45) is 2.45. The first-order valence-corrected chi connectivity index (χ1v) is 6.58. The van der Waals surface area contributed by atoms with Crippen molar-refractivity contribution in [3.8, 4) is 0 Å². The molecule has 1 aromatic heterocycles. The van der Waals surface area contributed by atoms with Gasteiger partial charge in [-0.2, -0.15) is 0 Å². The Morgan fingerprint density at radius 1 is 1.33 bits per heavy atom. The van der Waals surface area contributed by atoms with Gasteiger partial charge in [-0.05, 0) is 36.8 Å². The lowest BCUT2D eigenvalue weighted by atomic mass is 9.82. The number of nitrogen functional groups attached to an aromatic ring is 1. The monoisotopic (exact) mass is 244 g/mol. The molecule has 1 aliphatic rings. The van der Waals surface area contributed by atoms with Crippen LogP contribution in [0.3, 0.4) is 0 Å². The Morgan fingerprint density at radius 2 is 2.00 bits per heavy atom. The summed E-state index contributed by atoms with van der Waals surface area (Å²) in [5.41, 5.74) is 11.5. The Kier molecular flexibility index (Phi) is 2.25. The van der Waals surface area contributed by atoms with Crippen molar-refractivity contribution in [2.24, 2.45) is 0 Å². The van der Waals surface area contributed by atoms with Crippen LogP contribution in [0.15, 0.2) is 10.6 Å². The van der Waals surface area contributed by atoms with Gasteiger partial charge in [-0.3, -0.25) is 0 Å². The van der Waals surface area contributed by atoms with Crippen molar-refractivity contribution < 1.29 is 4.52 Å². The molecule has 0 unspecified atom stereocenters. The van der Waals surface area contributed by atoms with Gasteiger partial charge in [-0.15, -0.1) is 0 Å². The number of hydrogen-bond donors (Lipinski definition) is 1. The lowest BCUT2D eigenvalue weighted by molar-refractivity contribution is 0.444. The van der Waals surface area contributed by atoms with Gasteiger partial charge in [0.15, 0.2) is 5.58 Å². The quantitative estimate of drug-likeness (QED) is 0.774. The second-order valence-corrected chi connectivity index (χ2v) is 6.43. The minimum absolute atomic E-state index is 0.0227. The summed E-state index contributed by atoms with van der Waals surface area (Å²) < 4.78 is 5.57. The van der Waals surface area contributed by atoms with E-state index in [1.54, 1.807) is 0 Å². The standard InChI is InChI=1S/C15H20N2O/c1-8-12(15(2,3)4)11(16)7-10-13(9-5-6-9)17-18-14(8)10/h7,9H,5-6,16H2,1-4H3. The molecule has 0 radical (unpaired) electrons. The average Bonchev–Trinajstić information content (AvgIpc) is 2.98. The molecule has 0 amide bonds. The molecular weight excluding hydrogens is 224 g/mol. The van der Waals surface area contributed by atoms with Gasteiger partial charge >= 0.3 is 0 Å². The number of nitrogens with two attached hydrogens (primary N) is 1. The molecule has 0 atom stereocenters. The molecule has 1 fully saturated rings. The van der Waals surface area contributed by atoms with Crippen LogP contribution in [0.5, 0.6) is 0 Å². The van der Waals surface area contributed by atoms with E-state index in [0.29, 0.717) is 5.92 Å². The molecule has 18 heavy (non-hydrogen) atoms. The largest absolute Gasteiger partial charge is 0.398 e. The number of anilines is 1. The highest BCUT2D eigenvalue weighted by molar-refractivity contribution is 5.88. The van der Waals surface area contributed by atoms with Gasteiger partial charge in [0, 0.05) is 22.6 Å². The molecule has 3 heteroatoms. The van der Waals surface area contributed by atoms with Crippen LogP contribution in [0.1, 0.15) is 56.4 Å². The van der Waals surface area contributed by atoms with Crippen molar-refractivity contribution in [1.29, 1.82) is 0 Å². The summed E-state index contributed by atoms with van der Waals surface area (Å²) in [4.78, 5) is 0. The van der Waals surface area contributed by atoms with Gasteiger partial charge in [0.1, 0.15) is 0 Å². The van der Waals surface area contributed by atoms with Crippen LogP contribution < -0.4 is 5.73 Å². The summed E-state index contributed by atoms with van der Waals surface area (Å²) in [6.45, 7) is 8.61. The summed E-state index contributed by atoms with van der Waals surface area (Å²) in [5.74, 6) is 0.588. The van der Waals surface area contributed by atoms with Gasteiger partial charge in [-0.1, -0.05) is 25.9 Å². The fourth-order valence-corrected chi connectivity index (χ4v) is 2.92. The van der Waals surface area contributed by atoms with E-state index in [2.05, 4.69) is 32.9 Å². The number of nitrogens with zero attached hydrogens (tertiary/aromatic N) is 1. The molecule has 96 valence electrons. The Balaban J connectivity index is 2.30. The molecule has 0 bridgehead atoms. The van der Waals surface area contributed by atoms with Gasteiger partial charge in [0.25, 0.3) is 0 Å². The Bertz CT molecular complexity index is 615. The normalized spacial score (nSPS) is 16.4. The van der Waals surface area contributed by atoms with Crippen LogP contribution in [-0.4, -0.2) is 5.16 Å². The third-order valence-electron chi connectivity index (χ3n) is 3.77. The van der Waals surface area contributed by atoms with Crippen LogP contribution in [-0.2, 0) is 5.41 Å². The fraction of sp³-hybridized carbons (Fsp3) is 0.533. The summed E-state index contributed by atoms with van der Waals surface area (Å²) in [6, 6.07) is 2.05. The smallest absolute Gasteiger partial charge is 0.170 e. The second kappa shape index (κ2) is 3.50. The second-order valence-electron chi connectivity index (χ2n) is 6.43. The van der Waals surface area contributed by atoms with E-state index >= 15 is 0 Å². The predicted octanol–water partition coefficient (Wildman–Crippen LogP) is 3.89. The molecule has 0 spiro atoms. The van der Waals surface area contributed by atoms with Crippen LogP contribution in [0.25, 0.3) is 11.0 Å². The Morgan fingerprint density at radius 3 is 2.56 bits per heavy atom. The zero-order valence-corrected chi connectivity index (χ0v) is 11.5. The lowest BCUT2D eigenvalue weighted by Gasteiger charge is -2.23. The third kappa shape index (κ3) is 1.61. The number of rotatable bonds is 1. The van der Waals surface area contributed by atoms with Crippen LogP contribution in [0, 0.1) is 6.92 Å².